The summed E-state index contributed by atoms with van der Waals surface area (Å²) in [4.78, 5) is 48.9. The number of carbonyl (C=O) groups excluding carboxylic acids is 4. The van der Waals surface area contributed by atoms with Gasteiger partial charge in [-0.25, -0.2) is 0 Å². The summed E-state index contributed by atoms with van der Waals surface area (Å²) in [5.74, 6) is -0.626. The molecule has 2 atom stereocenters. The summed E-state index contributed by atoms with van der Waals surface area (Å²) in [5, 5.41) is 2.08. The number of nitrogens with one attached hydrogen (secondary N) is 1. The maximum absolute atomic E-state index is 12.3. The molecule has 2 rings (SSSR count). The van der Waals surface area contributed by atoms with Crippen molar-refractivity contribution in [1.82, 2.24) is 10.2 Å². The highest BCUT2D eigenvalue weighted by atomic mass is 32.1. The molecule has 1 unspecified atom stereocenters. The van der Waals surface area contributed by atoms with E-state index in [4.69, 9.17) is 0 Å². The molecule has 0 fully saturated rings. The molecule has 26 heavy (non-hydrogen) atoms. The molecule has 1 aliphatic rings. The van der Waals surface area contributed by atoms with Crippen molar-refractivity contribution in [3.8, 4) is 0 Å². The highest BCUT2D eigenvalue weighted by molar-refractivity contribution is 7.81. The lowest BCUT2D eigenvalue weighted by Gasteiger charge is -2.18. The van der Waals surface area contributed by atoms with Crippen molar-refractivity contribution in [2.24, 2.45) is 5.92 Å². The van der Waals surface area contributed by atoms with Crippen molar-refractivity contribution in [2.75, 3.05) is 6.54 Å². The Kier molecular flexibility index (Phi) is 6.97. The zero-order chi connectivity index (χ0) is 19.3. The molecular formula is C19H24N2O4S. The van der Waals surface area contributed by atoms with Gasteiger partial charge in [0.15, 0.2) is 0 Å². The minimum absolute atomic E-state index is 0.236. The van der Waals surface area contributed by atoms with Gasteiger partial charge in [-0.15, -0.1) is 0 Å². The Labute approximate surface area is 158 Å². The Bertz CT molecular complexity index is 670. The fourth-order valence-electron chi connectivity index (χ4n) is 2.95. The first-order chi connectivity index (χ1) is 12.3. The van der Waals surface area contributed by atoms with Crippen LogP contribution in [0.4, 0.5) is 0 Å². The molecule has 0 saturated heterocycles. The molecule has 0 aromatic heterocycles. The van der Waals surface area contributed by atoms with Crippen LogP contribution in [0.2, 0.25) is 0 Å². The molecule has 0 bridgehead atoms. The zero-order valence-electron chi connectivity index (χ0n) is 15.0. The molecule has 6 nitrogen and oxygen atoms in total. The average Bonchev–Trinajstić information content (AvgIpc) is 2.85. The van der Waals surface area contributed by atoms with Gasteiger partial charge in [0.2, 0.25) is 5.91 Å². The number of imide groups is 1. The van der Waals surface area contributed by atoms with E-state index in [-0.39, 0.29) is 30.2 Å². The van der Waals surface area contributed by atoms with E-state index in [2.05, 4.69) is 17.9 Å². The third kappa shape index (κ3) is 4.72. The van der Waals surface area contributed by atoms with Crippen molar-refractivity contribution < 1.29 is 19.2 Å². The molecule has 1 heterocycles. The van der Waals surface area contributed by atoms with E-state index >= 15 is 0 Å². The number of hydrogen-bond donors (Lipinski definition) is 2. The third-order valence-corrected chi connectivity index (χ3v) is 4.75. The van der Waals surface area contributed by atoms with Crippen molar-refractivity contribution in [3.05, 3.63) is 35.4 Å². The molecule has 1 aromatic rings. The van der Waals surface area contributed by atoms with Gasteiger partial charge in [-0.2, -0.15) is 12.6 Å². The number of amides is 3. The predicted molar refractivity (Wildman–Crippen MR) is 101 cm³/mol. The van der Waals surface area contributed by atoms with Crippen LogP contribution in [0.25, 0.3) is 0 Å². The quantitative estimate of drug-likeness (QED) is 0.393. The Hall–Kier alpha value is -2.15. The van der Waals surface area contributed by atoms with E-state index in [1.807, 2.05) is 13.8 Å². The van der Waals surface area contributed by atoms with Crippen LogP contribution in [-0.2, 0) is 9.59 Å². The first kappa shape index (κ1) is 20.2. The Morgan fingerprint density at radius 3 is 2.27 bits per heavy atom. The number of fused-ring (bicyclic) bond motifs is 1. The van der Waals surface area contributed by atoms with Crippen LogP contribution in [-0.4, -0.2) is 46.7 Å². The van der Waals surface area contributed by atoms with Gasteiger partial charge in [0.1, 0.15) is 6.29 Å². The number of aldehydes is 1. The SMILES string of the molecule is CC(C)C[C@@H](C=O)NC(=O)C(S)CCCN1C(=O)c2ccccc2C1=O. The normalized spacial score (nSPS) is 15.8. The molecule has 140 valence electrons. The molecule has 1 aromatic carbocycles. The lowest BCUT2D eigenvalue weighted by atomic mass is 10.0. The van der Waals surface area contributed by atoms with Gasteiger partial charge in [0.25, 0.3) is 11.8 Å². The third-order valence-electron chi connectivity index (χ3n) is 4.26. The van der Waals surface area contributed by atoms with Gasteiger partial charge >= 0.3 is 0 Å². The first-order valence-corrected chi connectivity index (χ1v) is 9.25. The van der Waals surface area contributed by atoms with Crippen LogP contribution in [0.15, 0.2) is 24.3 Å². The Balaban J connectivity index is 1.82. The topological polar surface area (TPSA) is 83.6 Å². The molecule has 7 heteroatoms. The number of benzene rings is 1. The Morgan fingerprint density at radius 1 is 1.19 bits per heavy atom. The molecule has 0 saturated carbocycles. The lowest BCUT2D eigenvalue weighted by molar-refractivity contribution is -0.123. The minimum atomic E-state index is -0.597. The lowest BCUT2D eigenvalue weighted by Crippen LogP contribution is -2.41. The first-order valence-electron chi connectivity index (χ1n) is 8.74. The number of rotatable bonds is 9. The highest BCUT2D eigenvalue weighted by Gasteiger charge is 2.34. The van der Waals surface area contributed by atoms with Gasteiger partial charge in [-0.3, -0.25) is 19.3 Å². The molecule has 0 spiro atoms. The predicted octanol–water partition coefficient (Wildman–Crippen LogP) is 2.09. The second-order valence-corrected chi connectivity index (χ2v) is 7.47. The number of nitrogens with zero attached hydrogens (tertiary/aromatic N) is 1. The standard InChI is InChI=1S/C19H24N2O4S/c1-12(2)10-13(11-22)20-17(23)16(26)8-5-9-21-18(24)14-6-3-4-7-15(14)19(21)25/h3-4,6-7,11-13,16,26H,5,8-10H2,1-2H3,(H,20,23)/t13-,16?/m0/s1. The largest absolute Gasteiger partial charge is 0.346 e. The van der Waals surface area contributed by atoms with Gasteiger partial charge in [-0.1, -0.05) is 26.0 Å². The summed E-state index contributed by atoms with van der Waals surface area (Å²) in [6.07, 6.45) is 2.17. The van der Waals surface area contributed by atoms with Gasteiger partial charge in [0, 0.05) is 6.54 Å². The van der Waals surface area contributed by atoms with Crippen LogP contribution < -0.4 is 5.32 Å². The molecule has 0 aliphatic carbocycles. The van der Waals surface area contributed by atoms with E-state index in [0.29, 0.717) is 30.4 Å². The van der Waals surface area contributed by atoms with E-state index in [1.165, 1.54) is 4.90 Å². The van der Waals surface area contributed by atoms with Crippen LogP contribution in [0.5, 0.6) is 0 Å². The second-order valence-electron chi connectivity index (χ2n) is 6.85. The van der Waals surface area contributed by atoms with Crippen LogP contribution in [0, 0.1) is 5.92 Å². The number of thiol groups is 1. The molecular weight excluding hydrogens is 352 g/mol. The van der Waals surface area contributed by atoms with E-state index in [0.717, 1.165) is 6.29 Å². The van der Waals surface area contributed by atoms with Crippen LogP contribution in [0.1, 0.15) is 53.8 Å². The van der Waals surface area contributed by atoms with Crippen molar-refractivity contribution in [1.29, 1.82) is 0 Å². The van der Waals surface area contributed by atoms with Crippen LogP contribution >= 0.6 is 12.6 Å². The summed E-state index contributed by atoms with van der Waals surface area (Å²) in [7, 11) is 0. The molecule has 1 N–H and O–H groups in total. The van der Waals surface area contributed by atoms with Gasteiger partial charge < -0.3 is 10.1 Å². The van der Waals surface area contributed by atoms with E-state index in [1.54, 1.807) is 24.3 Å². The van der Waals surface area contributed by atoms with Crippen molar-refractivity contribution >= 4 is 36.6 Å². The maximum atomic E-state index is 12.3. The smallest absolute Gasteiger partial charge is 0.261 e. The highest BCUT2D eigenvalue weighted by Crippen LogP contribution is 2.23. The summed E-state index contributed by atoms with van der Waals surface area (Å²) in [6.45, 7) is 4.19. The summed E-state index contributed by atoms with van der Waals surface area (Å²) < 4.78 is 0. The Morgan fingerprint density at radius 2 is 1.77 bits per heavy atom. The van der Waals surface area contributed by atoms with Gasteiger partial charge in [0.05, 0.1) is 22.4 Å². The fraction of sp³-hybridized carbons (Fsp3) is 0.474. The molecule has 3 amide bonds. The maximum Gasteiger partial charge on any atom is 0.261 e. The summed E-state index contributed by atoms with van der Waals surface area (Å²) in [5.41, 5.74) is 0.834. The number of hydrogen-bond acceptors (Lipinski definition) is 5. The molecule has 1 aliphatic heterocycles. The summed E-state index contributed by atoms with van der Waals surface area (Å²) in [6, 6.07) is 6.20. The van der Waals surface area contributed by atoms with Crippen molar-refractivity contribution in [2.45, 2.75) is 44.4 Å². The monoisotopic (exact) mass is 376 g/mol. The fourth-order valence-corrected chi connectivity index (χ4v) is 3.21. The average molecular weight is 376 g/mol. The number of carbonyl (C=O) groups is 4. The minimum Gasteiger partial charge on any atom is -0.346 e. The molecule has 0 radical (unpaired) electrons. The van der Waals surface area contributed by atoms with E-state index < -0.39 is 11.3 Å². The van der Waals surface area contributed by atoms with Crippen LogP contribution in [0.3, 0.4) is 0 Å². The zero-order valence-corrected chi connectivity index (χ0v) is 15.9. The second kappa shape index (κ2) is 8.98. The van der Waals surface area contributed by atoms with Gasteiger partial charge in [-0.05, 0) is 37.3 Å². The summed E-state index contributed by atoms with van der Waals surface area (Å²) >= 11 is 4.28. The van der Waals surface area contributed by atoms with E-state index in [9.17, 15) is 19.2 Å². The van der Waals surface area contributed by atoms with Crippen molar-refractivity contribution in [3.63, 3.8) is 0 Å².